The number of hydrogen-bond donors (Lipinski definition) is 2. The number of hydrogen-bond acceptors (Lipinski definition) is 5. The van der Waals surface area contributed by atoms with E-state index in [0.29, 0.717) is 19.2 Å². The first-order valence-corrected chi connectivity index (χ1v) is 11.3. The van der Waals surface area contributed by atoms with E-state index in [-0.39, 0.29) is 33.6 Å². The lowest BCUT2D eigenvalue weighted by atomic mass is 9.71. The van der Waals surface area contributed by atoms with Crippen molar-refractivity contribution in [2.75, 3.05) is 29.9 Å². The summed E-state index contributed by atoms with van der Waals surface area (Å²) < 4.78 is 60.7. The van der Waals surface area contributed by atoms with Crippen molar-refractivity contribution >= 4 is 29.0 Å². The number of aromatic nitrogens is 1. The molecule has 0 aliphatic carbocycles. The number of nitrogens with zero attached hydrogens (tertiary/aromatic N) is 3. The summed E-state index contributed by atoms with van der Waals surface area (Å²) in [6.07, 6.45) is 1.14. The summed E-state index contributed by atoms with van der Waals surface area (Å²) in [6.45, 7) is 2.24. The maximum absolute atomic E-state index is 16.0. The first-order valence-electron chi connectivity index (χ1n) is 11.0. The van der Waals surface area contributed by atoms with Crippen LogP contribution in [0.3, 0.4) is 0 Å². The third-order valence-corrected chi connectivity index (χ3v) is 6.93. The number of pyridine rings is 1. The molecular weight excluding hydrogens is 498 g/mol. The van der Waals surface area contributed by atoms with Gasteiger partial charge in [0.25, 0.3) is 5.91 Å². The van der Waals surface area contributed by atoms with Crippen LogP contribution >= 0.6 is 11.6 Å². The minimum Gasteiger partial charge on any atom is -0.362 e. The number of halogens is 5. The fraction of sp³-hybridized carbons (Fsp3) is 0.240. The summed E-state index contributed by atoms with van der Waals surface area (Å²) in [7, 11) is 0. The zero-order chi connectivity index (χ0) is 25.8. The number of benzene rings is 2. The predicted octanol–water partition coefficient (Wildman–Crippen LogP) is 4.51. The van der Waals surface area contributed by atoms with Crippen LogP contribution in [0.15, 0.2) is 36.5 Å². The minimum atomic E-state index is -1.57. The van der Waals surface area contributed by atoms with Crippen molar-refractivity contribution in [1.82, 2.24) is 10.3 Å². The van der Waals surface area contributed by atoms with Gasteiger partial charge in [-0.05, 0) is 19.1 Å². The monoisotopic (exact) mass is 515 g/mol. The molecule has 0 bridgehead atoms. The van der Waals surface area contributed by atoms with Gasteiger partial charge < -0.3 is 15.5 Å². The topological polar surface area (TPSA) is 81.0 Å². The van der Waals surface area contributed by atoms with Crippen LogP contribution in [0.5, 0.6) is 0 Å². The Morgan fingerprint density at radius 2 is 1.94 bits per heavy atom. The molecule has 1 atom stereocenters. The number of carbonyl (C=O) groups is 1. The Balaban J connectivity index is 1.73. The molecule has 0 saturated carbocycles. The second-order valence-corrected chi connectivity index (χ2v) is 9.34. The van der Waals surface area contributed by atoms with Crippen molar-refractivity contribution < 1.29 is 22.4 Å². The lowest BCUT2D eigenvalue weighted by Gasteiger charge is -2.42. The molecule has 2 aliphatic rings. The van der Waals surface area contributed by atoms with Gasteiger partial charge in [0.15, 0.2) is 11.6 Å². The van der Waals surface area contributed by atoms with Crippen molar-refractivity contribution in [2.24, 2.45) is 0 Å². The summed E-state index contributed by atoms with van der Waals surface area (Å²) in [6, 6.07) is 7.05. The van der Waals surface area contributed by atoms with Crippen LogP contribution in [0.2, 0.25) is 5.02 Å². The van der Waals surface area contributed by atoms with E-state index in [1.54, 1.807) is 0 Å². The second-order valence-electron chi connectivity index (χ2n) is 8.93. The highest BCUT2D eigenvalue weighted by Gasteiger charge is 2.47. The highest BCUT2D eigenvalue weighted by atomic mass is 35.5. The first kappa shape index (κ1) is 24.0. The molecule has 6 nitrogen and oxygen atoms in total. The van der Waals surface area contributed by atoms with Gasteiger partial charge >= 0.3 is 0 Å². The number of carbonyl (C=O) groups excluding carboxylic acids is 1. The van der Waals surface area contributed by atoms with Gasteiger partial charge in [-0.15, -0.1) is 0 Å². The van der Waals surface area contributed by atoms with Crippen molar-refractivity contribution in [3.63, 3.8) is 0 Å². The number of amides is 1. The molecular formula is C25H18ClF4N5O. The zero-order valence-electron chi connectivity index (χ0n) is 18.8. The maximum Gasteiger partial charge on any atom is 0.260 e. The van der Waals surface area contributed by atoms with Crippen LogP contribution in [-0.4, -0.2) is 36.6 Å². The Morgan fingerprint density at radius 3 is 2.61 bits per heavy atom. The normalized spacial score (nSPS) is 19.5. The highest BCUT2D eigenvalue weighted by Crippen LogP contribution is 2.45. The molecule has 36 heavy (non-hydrogen) atoms. The van der Waals surface area contributed by atoms with Crippen LogP contribution in [0.25, 0.3) is 0 Å². The second kappa shape index (κ2) is 8.76. The first-order chi connectivity index (χ1) is 17.2. The molecule has 1 saturated heterocycles. The van der Waals surface area contributed by atoms with E-state index in [1.807, 2.05) is 0 Å². The van der Waals surface area contributed by atoms with E-state index in [4.69, 9.17) is 16.9 Å². The van der Waals surface area contributed by atoms with E-state index < -0.39 is 52.4 Å². The SMILES string of the molecule is C[C@]1(c2cccc(Cl)c2F)CN(c2cc(F)c(C#N)cc2F)C(=O)c2cnc(NC3CNC3)c(F)c21. The third kappa shape index (κ3) is 3.67. The summed E-state index contributed by atoms with van der Waals surface area (Å²) in [5.41, 5.74) is -3.00. The molecule has 1 fully saturated rings. The van der Waals surface area contributed by atoms with E-state index in [1.165, 1.54) is 31.2 Å². The number of fused-ring (bicyclic) bond motifs is 1. The molecule has 0 radical (unpaired) electrons. The molecule has 184 valence electrons. The summed E-state index contributed by atoms with van der Waals surface area (Å²) >= 11 is 6.03. The minimum absolute atomic E-state index is 0.0374. The molecule has 3 heterocycles. The molecule has 1 amide bonds. The van der Waals surface area contributed by atoms with Gasteiger partial charge in [0.2, 0.25) is 0 Å². The quantitative estimate of drug-likeness (QED) is 0.500. The van der Waals surface area contributed by atoms with Crippen LogP contribution < -0.4 is 15.5 Å². The van der Waals surface area contributed by atoms with Gasteiger partial charge in [-0.2, -0.15) is 5.26 Å². The average Bonchev–Trinajstić information content (AvgIpc) is 2.82. The summed E-state index contributed by atoms with van der Waals surface area (Å²) in [5.74, 6) is -4.71. The van der Waals surface area contributed by atoms with Gasteiger partial charge in [0, 0.05) is 48.4 Å². The molecule has 2 aliphatic heterocycles. The molecule has 3 aromatic rings. The molecule has 11 heteroatoms. The number of anilines is 2. The zero-order valence-corrected chi connectivity index (χ0v) is 19.6. The van der Waals surface area contributed by atoms with Crippen molar-refractivity contribution in [2.45, 2.75) is 18.4 Å². The van der Waals surface area contributed by atoms with E-state index in [0.717, 1.165) is 17.2 Å². The van der Waals surface area contributed by atoms with Gasteiger partial charge in [0.1, 0.15) is 23.5 Å². The van der Waals surface area contributed by atoms with E-state index in [9.17, 15) is 13.6 Å². The van der Waals surface area contributed by atoms with Crippen LogP contribution in [-0.2, 0) is 5.41 Å². The molecule has 0 spiro atoms. The Bertz CT molecular complexity index is 1460. The molecule has 2 aromatic carbocycles. The fourth-order valence-electron chi connectivity index (χ4n) is 4.66. The number of rotatable bonds is 4. The van der Waals surface area contributed by atoms with Crippen molar-refractivity contribution in [1.29, 1.82) is 5.26 Å². The number of nitrogens with one attached hydrogen (secondary N) is 2. The fourth-order valence-corrected chi connectivity index (χ4v) is 4.83. The summed E-state index contributed by atoms with van der Waals surface area (Å²) in [4.78, 5) is 18.4. The van der Waals surface area contributed by atoms with E-state index in [2.05, 4.69) is 15.6 Å². The van der Waals surface area contributed by atoms with Gasteiger partial charge in [-0.1, -0.05) is 23.7 Å². The van der Waals surface area contributed by atoms with Crippen LogP contribution in [0.4, 0.5) is 29.1 Å². The maximum atomic E-state index is 16.0. The van der Waals surface area contributed by atoms with Crippen LogP contribution in [0, 0.1) is 34.6 Å². The highest BCUT2D eigenvalue weighted by molar-refractivity contribution is 6.30. The smallest absolute Gasteiger partial charge is 0.260 e. The average molecular weight is 516 g/mol. The van der Waals surface area contributed by atoms with Crippen molar-refractivity contribution in [3.8, 4) is 6.07 Å². The predicted molar refractivity (Wildman–Crippen MR) is 125 cm³/mol. The van der Waals surface area contributed by atoms with Gasteiger partial charge in [0.05, 0.1) is 27.9 Å². The Labute approximate surface area is 208 Å². The van der Waals surface area contributed by atoms with Crippen molar-refractivity contribution in [3.05, 3.63) is 87.1 Å². The van der Waals surface area contributed by atoms with Crippen LogP contribution in [0.1, 0.15) is 34.0 Å². The van der Waals surface area contributed by atoms with Gasteiger partial charge in [-0.3, -0.25) is 4.79 Å². The molecule has 0 unspecified atom stereocenters. The molecule has 2 N–H and O–H groups in total. The molecule has 5 rings (SSSR count). The van der Waals surface area contributed by atoms with E-state index >= 15 is 8.78 Å². The Kier molecular flexibility index (Phi) is 5.85. The Hall–Kier alpha value is -3.68. The standard InChI is InChI=1S/C25H18ClF4N5O/c1-25(15-3-2-4-16(26)21(15)29)11-35(19-6-17(27)12(7-31)5-18(19)28)24(36)14-10-33-23(22(30)20(14)25)34-13-8-32-9-13/h2-6,10,13,32H,8-9,11H2,1H3,(H,33,34)/t25-/m1/s1. The third-order valence-electron chi connectivity index (χ3n) is 6.64. The Morgan fingerprint density at radius 1 is 1.19 bits per heavy atom. The molecule has 1 aromatic heterocycles. The number of nitriles is 1. The van der Waals surface area contributed by atoms with Gasteiger partial charge in [-0.25, -0.2) is 22.5 Å². The lowest BCUT2D eigenvalue weighted by molar-refractivity contribution is 0.0967. The largest absolute Gasteiger partial charge is 0.362 e. The summed E-state index contributed by atoms with van der Waals surface area (Å²) in [5, 5.41) is 14.8. The lowest BCUT2D eigenvalue weighted by Crippen LogP contribution is -2.52.